The van der Waals surface area contributed by atoms with E-state index in [4.69, 9.17) is 10.00 Å². The Morgan fingerprint density at radius 2 is 1.62 bits per heavy atom. The van der Waals surface area contributed by atoms with Crippen LogP contribution in [-0.4, -0.2) is 17.4 Å². The molecule has 0 aliphatic rings. The number of carbonyl (C=O) groups excluding carboxylic acids is 1. The Morgan fingerprint density at radius 3 is 2.24 bits per heavy atom. The average Bonchev–Trinajstić information content (AvgIpc) is 2.78. The first-order valence-electron chi connectivity index (χ1n) is 9.35. The molecule has 0 saturated carbocycles. The highest BCUT2D eigenvalue weighted by Gasteiger charge is 2.15. The smallest absolute Gasteiger partial charge is 0.254 e. The van der Waals surface area contributed by atoms with Crippen LogP contribution in [0.1, 0.15) is 27.0 Å². The largest absolute Gasteiger partial charge is 0.489 e. The summed E-state index contributed by atoms with van der Waals surface area (Å²) in [4.78, 5) is 14.7. The van der Waals surface area contributed by atoms with Gasteiger partial charge in [0, 0.05) is 18.7 Å². The molecule has 0 atom stereocenters. The second-order valence-electron chi connectivity index (χ2n) is 6.58. The third-order valence-electron chi connectivity index (χ3n) is 4.44. The molecule has 0 aromatic heterocycles. The number of ether oxygens (including phenoxy) is 1. The molecule has 1 amide bonds. The van der Waals surface area contributed by atoms with Crippen LogP contribution in [0.2, 0.25) is 0 Å². The molecule has 0 N–H and O–H groups in total. The number of carbonyl (C=O) groups is 1. The molecule has 4 heteroatoms. The third kappa shape index (κ3) is 5.57. The van der Waals surface area contributed by atoms with Crippen LogP contribution in [0.25, 0.3) is 0 Å². The van der Waals surface area contributed by atoms with E-state index in [9.17, 15) is 4.79 Å². The summed E-state index contributed by atoms with van der Waals surface area (Å²) in [5, 5.41) is 8.92. The van der Waals surface area contributed by atoms with Crippen molar-refractivity contribution in [3.8, 4) is 11.8 Å². The lowest BCUT2D eigenvalue weighted by atomic mass is 10.1. The third-order valence-corrected chi connectivity index (χ3v) is 4.44. The van der Waals surface area contributed by atoms with Crippen LogP contribution in [0.4, 0.5) is 0 Å². The number of hydrogen-bond donors (Lipinski definition) is 0. The second kappa shape index (κ2) is 9.91. The molecule has 0 saturated heterocycles. The first-order valence-corrected chi connectivity index (χ1v) is 9.35. The molecule has 3 aromatic carbocycles. The van der Waals surface area contributed by atoms with Gasteiger partial charge in [0.1, 0.15) is 12.4 Å². The number of nitrogens with zero attached hydrogens (tertiary/aromatic N) is 2. The zero-order valence-corrected chi connectivity index (χ0v) is 16.1. The molecule has 29 heavy (non-hydrogen) atoms. The molecule has 3 rings (SSSR count). The predicted octanol–water partition coefficient (Wildman–Crippen LogP) is 4.97. The Balaban J connectivity index is 1.65. The maximum absolute atomic E-state index is 12.9. The molecule has 0 heterocycles. The van der Waals surface area contributed by atoms with Crippen LogP contribution in [0, 0.1) is 11.3 Å². The van der Waals surface area contributed by atoms with Gasteiger partial charge in [-0.2, -0.15) is 5.26 Å². The highest BCUT2D eigenvalue weighted by molar-refractivity contribution is 5.94. The monoisotopic (exact) mass is 382 g/mol. The molecular formula is C25H22N2O2. The van der Waals surface area contributed by atoms with Crippen molar-refractivity contribution in [3.63, 3.8) is 0 Å². The fourth-order valence-corrected chi connectivity index (χ4v) is 2.89. The zero-order chi connectivity index (χ0) is 20.5. The minimum Gasteiger partial charge on any atom is -0.489 e. The van der Waals surface area contributed by atoms with Crippen LogP contribution in [0.15, 0.2) is 91.5 Å². The minimum atomic E-state index is -0.0650. The molecular weight excluding hydrogens is 360 g/mol. The van der Waals surface area contributed by atoms with Crippen molar-refractivity contribution in [2.75, 3.05) is 6.54 Å². The molecule has 0 radical (unpaired) electrons. The van der Waals surface area contributed by atoms with E-state index in [2.05, 4.69) is 12.6 Å². The number of hydrogen-bond acceptors (Lipinski definition) is 3. The van der Waals surface area contributed by atoms with Gasteiger partial charge in [-0.05, 0) is 47.5 Å². The lowest BCUT2D eigenvalue weighted by Gasteiger charge is -2.21. The molecule has 0 bridgehead atoms. The second-order valence-corrected chi connectivity index (χ2v) is 6.58. The Morgan fingerprint density at radius 1 is 0.966 bits per heavy atom. The van der Waals surface area contributed by atoms with E-state index in [1.54, 1.807) is 23.1 Å². The van der Waals surface area contributed by atoms with Crippen LogP contribution in [-0.2, 0) is 13.2 Å². The van der Waals surface area contributed by atoms with Gasteiger partial charge in [-0.25, -0.2) is 0 Å². The van der Waals surface area contributed by atoms with Gasteiger partial charge >= 0.3 is 0 Å². The summed E-state index contributed by atoms with van der Waals surface area (Å²) in [6.07, 6.45) is 1.71. The molecule has 0 aliphatic carbocycles. The molecule has 0 aliphatic heterocycles. The van der Waals surface area contributed by atoms with Crippen molar-refractivity contribution in [2.24, 2.45) is 0 Å². The van der Waals surface area contributed by atoms with Gasteiger partial charge in [0.25, 0.3) is 5.91 Å². The summed E-state index contributed by atoms with van der Waals surface area (Å²) in [6, 6.07) is 26.4. The summed E-state index contributed by atoms with van der Waals surface area (Å²) >= 11 is 0. The quantitative estimate of drug-likeness (QED) is 0.517. The van der Waals surface area contributed by atoms with Gasteiger partial charge in [0.05, 0.1) is 11.6 Å². The number of para-hydroxylation sites is 1. The Kier molecular flexibility index (Phi) is 6.80. The lowest BCUT2D eigenvalue weighted by Crippen LogP contribution is -2.30. The lowest BCUT2D eigenvalue weighted by molar-refractivity contribution is 0.0762. The van der Waals surface area contributed by atoms with Crippen LogP contribution in [0.3, 0.4) is 0 Å². The first-order chi connectivity index (χ1) is 14.2. The normalized spacial score (nSPS) is 10.0. The first kappa shape index (κ1) is 19.9. The van der Waals surface area contributed by atoms with E-state index in [0.717, 1.165) is 16.9 Å². The molecule has 0 fully saturated rings. The predicted molar refractivity (Wildman–Crippen MR) is 113 cm³/mol. The molecule has 0 unspecified atom stereocenters. The van der Waals surface area contributed by atoms with Crippen molar-refractivity contribution in [1.82, 2.24) is 4.90 Å². The van der Waals surface area contributed by atoms with Gasteiger partial charge in [-0.3, -0.25) is 4.79 Å². The van der Waals surface area contributed by atoms with Crippen LogP contribution in [0.5, 0.6) is 5.75 Å². The molecule has 0 spiro atoms. The number of benzene rings is 3. The van der Waals surface area contributed by atoms with E-state index >= 15 is 0 Å². The summed E-state index contributed by atoms with van der Waals surface area (Å²) < 4.78 is 5.74. The van der Waals surface area contributed by atoms with E-state index < -0.39 is 0 Å². The number of rotatable bonds is 8. The molecule has 4 nitrogen and oxygen atoms in total. The van der Waals surface area contributed by atoms with E-state index in [1.165, 1.54) is 0 Å². The van der Waals surface area contributed by atoms with E-state index in [0.29, 0.717) is 30.8 Å². The standard InChI is InChI=1S/C25H22N2O2/c1-2-16-27(18-21-10-8-20(17-26)9-11-21)25(28)23-14-12-22(13-15-23)19-29-24-6-4-3-5-7-24/h2-15H,1,16,18-19H2. The van der Waals surface area contributed by atoms with E-state index in [-0.39, 0.29) is 5.91 Å². The van der Waals surface area contributed by atoms with Crippen molar-refractivity contribution in [1.29, 1.82) is 5.26 Å². The Labute approximate surface area is 171 Å². The van der Waals surface area contributed by atoms with Gasteiger partial charge < -0.3 is 9.64 Å². The minimum absolute atomic E-state index is 0.0650. The van der Waals surface area contributed by atoms with Crippen LogP contribution < -0.4 is 4.74 Å². The number of nitriles is 1. The zero-order valence-electron chi connectivity index (χ0n) is 16.1. The summed E-state index contributed by atoms with van der Waals surface area (Å²) in [5.74, 6) is 0.747. The van der Waals surface area contributed by atoms with Crippen molar-refractivity contribution in [3.05, 3.63) is 114 Å². The fourth-order valence-electron chi connectivity index (χ4n) is 2.89. The van der Waals surface area contributed by atoms with Crippen molar-refractivity contribution < 1.29 is 9.53 Å². The maximum Gasteiger partial charge on any atom is 0.254 e. The number of amides is 1. The van der Waals surface area contributed by atoms with Crippen molar-refractivity contribution in [2.45, 2.75) is 13.2 Å². The highest BCUT2D eigenvalue weighted by atomic mass is 16.5. The molecule has 144 valence electrons. The van der Waals surface area contributed by atoms with Gasteiger partial charge in [-0.1, -0.05) is 48.5 Å². The maximum atomic E-state index is 12.9. The topological polar surface area (TPSA) is 53.3 Å². The molecule has 3 aromatic rings. The fraction of sp³-hybridized carbons (Fsp3) is 0.120. The Bertz CT molecular complexity index is 988. The summed E-state index contributed by atoms with van der Waals surface area (Å²) in [6.45, 7) is 5.10. The summed E-state index contributed by atoms with van der Waals surface area (Å²) in [5.41, 5.74) is 3.17. The van der Waals surface area contributed by atoms with Crippen molar-refractivity contribution >= 4 is 5.91 Å². The van der Waals surface area contributed by atoms with Gasteiger partial charge in [0.15, 0.2) is 0 Å². The Hall–Kier alpha value is -3.84. The van der Waals surface area contributed by atoms with Crippen LogP contribution >= 0.6 is 0 Å². The highest BCUT2D eigenvalue weighted by Crippen LogP contribution is 2.15. The average molecular weight is 382 g/mol. The van der Waals surface area contributed by atoms with E-state index in [1.807, 2.05) is 66.7 Å². The summed E-state index contributed by atoms with van der Waals surface area (Å²) in [7, 11) is 0. The van der Waals surface area contributed by atoms with Gasteiger partial charge in [0.2, 0.25) is 0 Å². The van der Waals surface area contributed by atoms with Gasteiger partial charge in [-0.15, -0.1) is 6.58 Å². The SMILES string of the molecule is C=CCN(Cc1ccc(C#N)cc1)C(=O)c1ccc(COc2ccccc2)cc1.